The van der Waals surface area contributed by atoms with Crippen LogP contribution in [0.4, 0.5) is 0 Å². The van der Waals surface area contributed by atoms with Crippen molar-refractivity contribution in [1.29, 1.82) is 0 Å². The Morgan fingerprint density at radius 3 is 2.54 bits per heavy atom. The van der Waals surface area contributed by atoms with Gasteiger partial charge in [0.25, 0.3) is 0 Å². The predicted octanol–water partition coefficient (Wildman–Crippen LogP) is 1.98. The number of nitrogens with zero attached hydrogens (tertiary/aromatic N) is 1. The highest BCUT2D eigenvalue weighted by Gasteiger charge is 2.32. The molecule has 1 amide bonds. The number of likely N-dealkylation sites (tertiary alicyclic amines) is 1. The highest BCUT2D eigenvalue weighted by atomic mass is 32.2. The molecule has 1 heterocycles. The third kappa shape index (κ3) is 5.31. The van der Waals surface area contributed by atoms with E-state index in [-0.39, 0.29) is 6.04 Å². The van der Waals surface area contributed by atoms with Crippen molar-refractivity contribution in [2.45, 2.75) is 50.9 Å². The van der Waals surface area contributed by atoms with E-state index in [1.165, 1.54) is 5.56 Å². The van der Waals surface area contributed by atoms with Crippen LogP contribution in [0.2, 0.25) is 0 Å². The minimum atomic E-state index is -3.44. The van der Waals surface area contributed by atoms with E-state index in [4.69, 9.17) is 0 Å². The maximum atomic E-state index is 12.1. The van der Waals surface area contributed by atoms with E-state index in [0.29, 0.717) is 0 Å². The molecule has 0 bridgehead atoms. The number of benzene rings is 1. The predicted molar refractivity (Wildman–Crippen MR) is 96.4 cm³/mol. The van der Waals surface area contributed by atoms with Gasteiger partial charge in [-0.1, -0.05) is 30.3 Å². The van der Waals surface area contributed by atoms with Crippen molar-refractivity contribution in [3.63, 3.8) is 0 Å². The fraction of sp³-hybridized carbons (Fsp3) is 0.611. The Balaban J connectivity index is 1.87. The Morgan fingerprint density at radius 1 is 1.25 bits per heavy atom. The van der Waals surface area contributed by atoms with Crippen molar-refractivity contribution < 1.29 is 13.2 Å². The molecule has 2 rings (SSSR count). The first kappa shape index (κ1) is 18.9. The maximum Gasteiger partial charge on any atom is 0.235 e. The van der Waals surface area contributed by atoms with Crippen LogP contribution in [0.1, 0.15) is 39.2 Å². The lowest BCUT2D eigenvalue weighted by Crippen LogP contribution is -2.49. The summed E-state index contributed by atoms with van der Waals surface area (Å²) in [5.41, 5.74) is 1.25. The van der Waals surface area contributed by atoms with E-state index >= 15 is 0 Å². The largest absolute Gasteiger partial charge is 0.351 e. The molecule has 1 aromatic rings. The Morgan fingerprint density at radius 2 is 1.92 bits per heavy atom. The van der Waals surface area contributed by atoms with Gasteiger partial charge in [-0.15, -0.1) is 0 Å². The molecule has 0 spiro atoms. The number of nitrogens with one attached hydrogen (secondary N) is 1. The highest BCUT2D eigenvalue weighted by molar-refractivity contribution is 7.93. The minimum absolute atomic E-state index is 0.0186. The summed E-state index contributed by atoms with van der Waals surface area (Å²) in [6.45, 7) is 7.48. The van der Waals surface area contributed by atoms with Crippen molar-refractivity contribution in [3.05, 3.63) is 35.9 Å². The molecule has 1 saturated heterocycles. The lowest BCUT2D eigenvalue weighted by Gasteiger charge is -2.33. The molecule has 6 heteroatoms. The van der Waals surface area contributed by atoms with Gasteiger partial charge in [-0.05, 0) is 45.7 Å². The summed E-state index contributed by atoms with van der Waals surface area (Å²) in [6, 6.07) is 10.3. The molecular weight excluding hydrogens is 324 g/mol. The number of amides is 1. The van der Waals surface area contributed by atoms with Gasteiger partial charge in [-0.3, -0.25) is 9.69 Å². The number of carbonyl (C=O) groups excluding carboxylic acids is 1. The van der Waals surface area contributed by atoms with Crippen molar-refractivity contribution in [2.24, 2.45) is 0 Å². The molecule has 24 heavy (non-hydrogen) atoms. The molecule has 1 N–H and O–H groups in total. The molecule has 1 unspecified atom stereocenters. The first-order valence-electron chi connectivity index (χ1n) is 8.45. The summed E-state index contributed by atoms with van der Waals surface area (Å²) >= 11 is 0. The van der Waals surface area contributed by atoms with Crippen LogP contribution in [-0.2, 0) is 21.2 Å². The summed E-state index contributed by atoms with van der Waals surface area (Å²) in [5.74, 6) is -0.831. The van der Waals surface area contributed by atoms with Crippen LogP contribution < -0.4 is 5.32 Å². The average Bonchev–Trinajstić information content (AvgIpc) is 2.46. The number of rotatable bonds is 5. The van der Waals surface area contributed by atoms with Crippen LogP contribution in [0.25, 0.3) is 0 Å². The number of piperidine rings is 1. The summed E-state index contributed by atoms with van der Waals surface area (Å²) in [6.07, 6.45) is 1.90. The topological polar surface area (TPSA) is 66.5 Å². The molecule has 1 atom stereocenters. The fourth-order valence-electron chi connectivity index (χ4n) is 2.82. The number of hydrogen-bond donors (Lipinski definition) is 1. The van der Waals surface area contributed by atoms with Crippen LogP contribution in [0.15, 0.2) is 30.3 Å². The second kappa shape index (κ2) is 7.66. The van der Waals surface area contributed by atoms with Crippen LogP contribution in [0, 0.1) is 0 Å². The van der Waals surface area contributed by atoms with Gasteiger partial charge in [0.15, 0.2) is 9.84 Å². The minimum Gasteiger partial charge on any atom is -0.351 e. The van der Waals surface area contributed by atoms with Crippen molar-refractivity contribution in [1.82, 2.24) is 10.2 Å². The summed E-state index contributed by atoms with van der Waals surface area (Å²) < 4.78 is 23.4. The zero-order valence-electron chi connectivity index (χ0n) is 14.8. The second-order valence-electron chi connectivity index (χ2n) is 7.50. The summed E-state index contributed by atoms with van der Waals surface area (Å²) in [5, 5.41) is 2.90. The smallest absolute Gasteiger partial charge is 0.235 e. The lowest BCUT2D eigenvalue weighted by molar-refractivity contribution is -0.119. The molecule has 1 aromatic carbocycles. The quantitative estimate of drug-likeness (QED) is 0.880. The molecule has 1 aliphatic heterocycles. The zero-order chi connectivity index (χ0) is 17.8. The van der Waals surface area contributed by atoms with Gasteiger partial charge < -0.3 is 5.32 Å². The van der Waals surface area contributed by atoms with E-state index in [1.54, 1.807) is 20.8 Å². The van der Waals surface area contributed by atoms with Gasteiger partial charge >= 0.3 is 0 Å². The van der Waals surface area contributed by atoms with Crippen LogP contribution in [0.5, 0.6) is 0 Å². The standard InChI is InChI=1S/C18H28N2O3S/c1-18(2,3)24(22,23)14-17(21)19-16-10-7-11-20(13-16)12-15-8-5-4-6-9-15/h4-6,8-9,16H,7,10-14H2,1-3H3,(H,19,21). The fourth-order valence-corrected chi connectivity index (χ4v) is 3.68. The molecule has 1 fully saturated rings. The molecule has 134 valence electrons. The monoisotopic (exact) mass is 352 g/mol. The molecule has 0 radical (unpaired) electrons. The van der Waals surface area contributed by atoms with Gasteiger partial charge in [-0.25, -0.2) is 8.42 Å². The first-order chi connectivity index (χ1) is 11.2. The number of sulfone groups is 1. The van der Waals surface area contributed by atoms with Crippen molar-refractivity contribution in [2.75, 3.05) is 18.8 Å². The van der Waals surface area contributed by atoms with Gasteiger partial charge in [-0.2, -0.15) is 0 Å². The van der Waals surface area contributed by atoms with Gasteiger partial charge in [0, 0.05) is 19.1 Å². The SMILES string of the molecule is CC(C)(C)S(=O)(=O)CC(=O)NC1CCCN(Cc2ccccc2)C1. The molecule has 0 aromatic heterocycles. The second-order valence-corrected chi connectivity index (χ2v) is 10.2. The molecule has 5 nitrogen and oxygen atoms in total. The molecule has 0 aliphatic carbocycles. The Hall–Kier alpha value is -1.40. The van der Waals surface area contributed by atoms with Crippen molar-refractivity contribution in [3.8, 4) is 0 Å². The first-order valence-corrected chi connectivity index (χ1v) is 10.1. The van der Waals surface area contributed by atoms with Gasteiger partial charge in [0.1, 0.15) is 5.75 Å². The highest BCUT2D eigenvalue weighted by Crippen LogP contribution is 2.17. The molecular formula is C18H28N2O3S. The van der Waals surface area contributed by atoms with Gasteiger partial charge in [0.2, 0.25) is 5.91 Å². The Kier molecular flexibility index (Phi) is 6.04. The normalized spacial score (nSPS) is 19.9. The van der Waals surface area contributed by atoms with Gasteiger partial charge in [0.05, 0.1) is 4.75 Å². The van der Waals surface area contributed by atoms with Crippen molar-refractivity contribution >= 4 is 15.7 Å². The number of hydrogen-bond acceptors (Lipinski definition) is 4. The van der Waals surface area contributed by atoms with E-state index < -0.39 is 26.2 Å². The van der Waals surface area contributed by atoms with Crippen LogP contribution in [0.3, 0.4) is 0 Å². The van der Waals surface area contributed by atoms with Crippen LogP contribution >= 0.6 is 0 Å². The third-order valence-corrected chi connectivity index (χ3v) is 6.88. The average molecular weight is 353 g/mol. The maximum absolute atomic E-state index is 12.1. The van der Waals surface area contributed by atoms with E-state index in [1.807, 2.05) is 18.2 Å². The summed E-state index contributed by atoms with van der Waals surface area (Å²) in [7, 11) is -3.44. The van der Waals surface area contributed by atoms with E-state index in [0.717, 1.165) is 32.5 Å². The summed E-state index contributed by atoms with van der Waals surface area (Å²) in [4.78, 5) is 14.4. The molecule has 0 saturated carbocycles. The third-order valence-electron chi connectivity index (χ3n) is 4.37. The Labute approximate surface area is 145 Å². The lowest BCUT2D eigenvalue weighted by atomic mass is 10.0. The van der Waals surface area contributed by atoms with E-state index in [9.17, 15) is 13.2 Å². The zero-order valence-corrected chi connectivity index (χ0v) is 15.6. The van der Waals surface area contributed by atoms with Crippen LogP contribution in [-0.4, -0.2) is 48.9 Å². The van der Waals surface area contributed by atoms with E-state index in [2.05, 4.69) is 22.3 Å². The number of carbonyl (C=O) groups is 1. The Bertz CT molecular complexity index is 651. The molecule has 1 aliphatic rings.